The molecule has 0 bridgehead atoms. The average molecular weight is 188 g/mol. The maximum absolute atomic E-state index is 9.44. The van der Waals surface area contributed by atoms with Crippen LogP contribution in [0.25, 0.3) is 0 Å². The van der Waals surface area contributed by atoms with Gasteiger partial charge in [-0.15, -0.1) is 0 Å². The Morgan fingerprint density at radius 2 is 1.50 bits per heavy atom. The minimum atomic E-state index is -4.63. The SMILES string of the molecule is O=S(=O)([O-])N(Cl)Cl.[Na+]. The smallest absolute Gasteiger partial charge is 0.733 e. The first kappa shape index (κ1) is 12.2. The van der Waals surface area contributed by atoms with Gasteiger partial charge in [0.25, 0.3) is 0 Å². The van der Waals surface area contributed by atoms with Crippen LogP contribution in [0, 0.1) is 0 Å². The van der Waals surface area contributed by atoms with Gasteiger partial charge in [0.1, 0.15) is 0 Å². The Morgan fingerprint density at radius 3 is 1.50 bits per heavy atom. The third-order valence-corrected chi connectivity index (χ3v) is 1.52. The maximum atomic E-state index is 9.44. The number of rotatable bonds is 1. The fraction of sp³-hybridized carbons (Fsp3) is 0. The van der Waals surface area contributed by atoms with Crippen LogP contribution in [0.2, 0.25) is 0 Å². The zero-order valence-electron chi connectivity index (χ0n) is 3.84. The van der Waals surface area contributed by atoms with E-state index in [1.807, 2.05) is 0 Å². The summed E-state index contributed by atoms with van der Waals surface area (Å²) in [6.07, 6.45) is 0. The first-order valence-corrected chi connectivity index (χ1v) is 3.06. The van der Waals surface area contributed by atoms with Crippen LogP contribution < -0.4 is 29.6 Å². The van der Waals surface area contributed by atoms with Crippen molar-refractivity contribution in [3.05, 3.63) is 0 Å². The molecular formula is Cl2NNaO3S. The maximum Gasteiger partial charge on any atom is 1.00 e. The van der Waals surface area contributed by atoms with Crippen molar-refractivity contribution in [2.45, 2.75) is 0 Å². The van der Waals surface area contributed by atoms with Crippen molar-refractivity contribution in [3.63, 3.8) is 0 Å². The predicted molar refractivity (Wildman–Crippen MR) is 23.2 cm³/mol. The van der Waals surface area contributed by atoms with E-state index in [0.29, 0.717) is 0 Å². The normalized spacial score (nSPS) is 11.0. The zero-order chi connectivity index (χ0) is 6.08. The van der Waals surface area contributed by atoms with Gasteiger partial charge in [0, 0.05) is 23.6 Å². The molecule has 0 unspecified atom stereocenters. The summed E-state index contributed by atoms with van der Waals surface area (Å²) in [5, 5.41) is 0. The summed E-state index contributed by atoms with van der Waals surface area (Å²) >= 11 is 8.90. The van der Waals surface area contributed by atoms with E-state index in [2.05, 4.69) is 23.6 Å². The van der Waals surface area contributed by atoms with Crippen LogP contribution >= 0.6 is 23.6 Å². The zero-order valence-corrected chi connectivity index (χ0v) is 8.16. The minimum Gasteiger partial charge on any atom is -0.733 e. The third kappa shape index (κ3) is 5.58. The van der Waals surface area contributed by atoms with Crippen molar-refractivity contribution in [2.75, 3.05) is 0 Å². The number of nitrogens with zero attached hydrogens (tertiary/aromatic N) is 1. The predicted octanol–water partition coefficient (Wildman–Crippen LogP) is -2.94. The van der Waals surface area contributed by atoms with Crippen LogP contribution in [0.4, 0.5) is 0 Å². The number of hydrogen-bond donors (Lipinski definition) is 0. The van der Waals surface area contributed by atoms with Crippen LogP contribution in [-0.4, -0.2) is 16.3 Å². The van der Waals surface area contributed by atoms with E-state index < -0.39 is 13.6 Å². The van der Waals surface area contributed by atoms with Gasteiger partial charge in [-0.1, -0.05) is 0 Å². The molecule has 8 heteroatoms. The van der Waals surface area contributed by atoms with Gasteiger partial charge in [0.15, 0.2) is 10.3 Å². The Kier molecular flexibility index (Phi) is 6.53. The summed E-state index contributed by atoms with van der Waals surface area (Å²) in [5.74, 6) is 0. The Bertz CT molecular complexity index is 139. The van der Waals surface area contributed by atoms with Gasteiger partial charge in [0.2, 0.25) is 0 Å². The van der Waals surface area contributed by atoms with E-state index in [1.165, 1.54) is 0 Å². The quantitative estimate of drug-likeness (QED) is 0.251. The molecule has 0 aliphatic carbocycles. The summed E-state index contributed by atoms with van der Waals surface area (Å²) in [6, 6.07) is 0. The molecule has 0 aliphatic heterocycles. The fourth-order valence-corrected chi connectivity index (χ4v) is 0. The van der Waals surface area contributed by atoms with Crippen LogP contribution in [0.3, 0.4) is 0 Å². The van der Waals surface area contributed by atoms with E-state index in [0.717, 1.165) is 0 Å². The second kappa shape index (κ2) is 4.29. The molecule has 0 saturated heterocycles. The molecule has 0 heterocycles. The van der Waals surface area contributed by atoms with Gasteiger partial charge in [-0.3, -0.25) is 0 Å². The van der Waals surface area contributed by atoms with Gasteiger partial charge >= 0.3 is 29.6 Å². The molecule has 8 heavy (non-hydrogen) atoms. The van der Waals surface area contributed by atoms with Crippen molar-refractivity contribution in [3.8, 4) is 0 Å². The van der Waals surface area contributed by atoms with Crippen LogP contribution in [0.1, 0.15) is 0 Å². The molecule has 0 N–H and O–H groups in total. The standard InChI is InChI=1S/Cl2HNO3S.Na/c1-3(2)7(4,5)6;/h(H,4,5,6);/q;+1/p-1. The molecular weight excluding hydrogens is 188 g/mol. The van der Waals surface area contributed by atoms with Crippen molar-refractivity contribution in [1.82, 2.24) is 3.34 Å². The third-order valence-electron chi connectivity index (χ3n) is 0.169. The first-order chi connectivity index (χ1) is 2.94. The summed E-state index contributed by atoms with van der Waals surface area (Å²) in [7, 11) is -4.63. The summed E-state index contributed by atoms with van der Waals surface area (Å²) < 4.78 is 27.9. The largest absolute Gasteiger partial charge is 1.00 e. The van der Waals surface area contributed by atoms with E-state index >= 15 is 0 Å². The molecule has 4 nitrogen and oxygen atoms in total. The Balaban J connectivity index is 0. The molecule has 0 saturated carbocycles. The molecule has 0 aromatic rings. The van der Waals surface area contributed by atoms with Gasteiger partial charge in [-0.2, -0.15) is 0 Å². The second-order valence-corrected chi connectivity index (χ2v) is 3.10. The van der Waals surface area contributed by atoms with Gasteiger partial charge in [-0.25, -0.2) is 8.42 Å². The van der Waals surface area contributed by atoms with Crippen molar-refractivity contribution >= 4 is 33.9 Å². The van der Waals surface area contributed by atoms with Crippen molar-refractivity contribution in [2.24, 2.45) is 0 Å². The van der Waals surface area contributed by atoms with E-state index in [9.17, 15) is 13.0 Å². The Morgan fingerprint density at radius 1 is 1.38 bits per heavy atom. The second-order valence-electron chi connectivity index (χ2n) is 0.630. The van der Waals surface area contributed by atoms with Gasteiger partial charge in [0.05, 0.1) is 0 Å². The van der Waals surface area contributed by atoms with Gasteiger partial charge in [-0.05, 0) is 3.34 Å². The number of halogens is 2. The molecule has 0 spiro atoms. The first-order valence-electron chi connectivity index (χ1n) is 1.02. The van der Waals surface area contributed by atoms with Crippen molar-refractivity contribution < 1.29 is 42.5 Å². The topological polar surface area (TPSA) is 60.4 Å². The molecule has 0 aliphatic rings. The molecule has 0 fully saturated rings. The van der Waals surface area contributed by atoms with Gasteiger partial charge < -0.3 is 4.55 Å². The Labute approximate surface area is 79.1 Å². The van der Waals surface area contributed by atoms with Crippen molar-refractivity contribution in [1.29, 1.82) is 0 Å². The fourth-order valence-electron chi connectivity index (χ4n) is 0. The molecule has 0 radical (unpaired) electrons. The van der Waals surface area contributed by atoms with Crippen LogP contribution in [0.5, 0.6) is 0 Å². The molecule has 0 aromatic carbocycles. The van der Waals surface area contributed by atoms with E-state index in [4.69, 9.17) is 0 Å². The average Bonchev–Trinajstić information content (AvgIpc) is 1.31. The summed E-state index contributed by atoms with van der Waals surface area (Å²) in [5.41, 5.74) is 0. The number of hydrogen-bond acceptors (Lipinski definition) is 3. The monoisotopic (exact) mass is 187 g/mol. The Hall–Kier alpha value is 1.45. The molecule has 0 amide bonds. The molecule has 0 rings (SSSR count). The summed E-state index contributed by atoms with van der Waals surface area (Å²) in [4.78, 5) is 0. The van der Waals surface area contributed by atoms with E-state index in [-0.39, 0.29) is 29.6 Å². The molecule has 0 atom stereocenters. The molecule has 44 valence electrons. The minimum absolute atomic E-state index is 0. The van der Waals surface area contributed by atoms with Crippen LogP contribution in [0.15, 0.2) is 0 Å². The molecule has 0 aromatic heterocycles. The van der Waals surface area contributed by atoms with E-state index in [1.54, 1.807) is 0 Å². The summed E-state index contributed by atoms with van der Waals surface area (Å²) in [6.45, 7) is 0. The van der Waals surface area contributed by atoms with Crippen LogP contribution in [-0.2, 0) is 10.3 Å².